The third-order valence-electron chi connectivity index (χ3n) is 5.59. The molecule has 0 atom stereocenters. The quantitative estimate of drug-likeness (QED) is 0.315. The number of carboxylic acid groups (broad SMARTS) is 1. The van der Waals surface area contributed by atoms with E-state index in [0.29, 0.717) is 47.0 Å². The van der Waals surface area contributed by atoms with Crippen molar-refractivity contribution in [2.24, 2.45) is 0 Å². The predicted octanol–water partition coefficient (Wildman–Crippen LogP) is 4.16. The Labute approximate surface area is 215 Å². The van der Waals surface area contributed by atoms with E-state index in [1.165, 1.54) is 21.3 Å². The van der Waals surface area contributed by atoms with Crippen LogP contribution in [0.25, 0.3) is 11.1 Å². The maximum absolute atomic E-state index is 12.6. The molecule has 0 spiro atoms. The third kappa shape index (κ3) is 7.23. The Morgan fingerprint density at radius 1 is 0.865 bits per heavy atom. The largest absolute Gasteiger partial charge is 0.493 e. The summed E-state index contributed by atoms with van der Waals surface area (Å²) in [7, 11) is 4.44. The van der Waals surface area contributed by atoms with Crippen molar-refractivity contribution in [1.29, 1.82) is 0 Å². The minimum Gasteiger partial charge on any atom is -0.493 e. The lowest BCUT2D eigenvalue weighted by atomic mass is 10.00. The molecule has 37 heavy (non-hydrogen) atoms. The Morgan fingerprint density at radius 2 is 1.57 bits per heavy atom. The zero-order valence-corrected chi connectivity index (χ0v) is 21.0. The van der Waals surface area contributed by atoms with Crippen molar-refractivity contribution in [3.63, 3.8) is 0 Å². The van der Waals surface area contributed by atoms with Crippen molar-refractivity contribution >= 4 is 23.5 Å². The van der Waals surface area contributed by atoms with E-state index in [9.17, 15) is 14.4 Å². The average Bonchev–Trinajstić information content (AvgIpc) is 2.90. The lowest BCUT2D eigenvalue weighted by Crippen LogP contribution is -2.25. The van der Waals surface area contributed by atoms with Crippen molar-refractivity contribution in [2.75, 3.05) is 33.2 Å². The maximum atomic E-state index is 12.6. The number of amides is 2. The zero-order valence-electron chi connectivity index (χ0n) is 21.0. The molecule has 194 valence electrons. The molecule has 0 aliphatic carbocycles. The predicted molar refractivity (Wildman–Crippen MR) is 140 cm³/mol. The first-order valence-corrected chi connectivity index (χ1v) is 11.6. The summed E-state index contributed by atoms with van der Waals surface area (Å²) in [6.45, 7) is 0.293. The summed E-state index contributed by atoms with van der Waals surface area (Å²) in [6.07, 6.45) is 0.547. The second-order valence-corrected chi connectivity index (χ2v) is 8.14. The van der Waals surface area contributed by atoms with Crippen LogP contribution in [0, 0.1) is 0 Å². The first kappa shape index (κ1) is 27.1. The molecule has 0 aromatic heterocycles. The number of anilines is 1. The zero-order chi connectivity index (χ0) is 26.8. The highest BCUT2D eigenvalue weighted by Gasteiger charge is 2.17. The van der Waals surface area contributed by atoms with Gasteiger partial charge in [0.05, 0.1) is 27.8 Å². The molecule has 3 aromatic carbocycles. The van der Waals surface area contributed by atoms with Gasteiger partial charge in [-0.15, -0.1) is 0 Å². The number of benzene rings is 3. The summed E-state index contributed by atoms with van der Waals surface area (Å²) < 4.78 is 15.8. The highest BCUT2D eigenvalue weighted by atomic mass is 16.5. The molecule has 3 rings (SSSR count). The van der Waals surface area contributed by atoms with E-state index in [1.54, 1.807) is 36.4 Å². The molecule has 0 heterocycles. The monoisotopic (exact) mass is 506 g/mol. The number of methoxy groups -OCH3 is 3. The Hall–Kier alpha value is -4.53. The Balaban J connectivity index is 1.57. The smallest absolute Gasteiger partial charge is 0.307 e. The molecule has 3 aromatic rings. The summed E-state index contributed by atoms with van der Waals surface area (Å²) in [5.41, 5.74) is 3.25. The normalized spacial score (nSPS) is 10.4. The number of ether oxygens (including phenoxy) is 3. The van der Waals surface area contributed by atoms with E-state index in [0.717, 1.165) is 11.1 Å². The molecular formula is C28H30N2O7. The van der Waals surface area contributed by atoms with Crippen LogP contribution in [0.3, 0.4) is 0 Å². The van der Waals surface area contributed by atoms with Gasteiger partial charge in [-0.05, 0) is 35.7 Å². The van der Waals surface area contributed by atoms with Gasteiger partial charge >= 0.3 is 5.97 Å². The van der Waals surface area contributed by atoms with Crippen molar-refractivity contribution in [3.8, 4) is 28.4 Å². The van der Waals surface area contributed by atoms with Gasteiger partial charge in [-0.2, -0.15) is 0 Å². The molecule has 0 unspecified atom stereocenters. The summed E-state index contributed by atoms with van der Waals surface area (Å²) in [5.74, 6) is -0.289. The topological polar surface area (TPSA) is 123 Å². The summed E-state index contributed by atoms with van der Waals surface area (Å²) in [5, 5.41) is 14.8. The number of para-hydroxylation sites is 1. The van der Waals surface area contributed by atoms with Crippen molar-refractivity contribution in [3.05, 3.63) is 71.8 Å². The van der Waals surface area contributed by atoms with Gasteiger partial charge in [0.1, 0.15) is 0 Å². The van der Waals surface area contributed by atoms with Crippen molar-refractivity contribution < 1.29 is 33.7 Å². The van der Waals surface area contributed by atoms with Crippen LogP contribution in [0.5, 0.6) is 17.2 Å². The number of hydrogen-bond donors (Lipinski definition) is 3. The van der Waals surface area contributed by atoms with Gasteiger partial charge in [0.2, 0.25) is 11.7 Å². The highest BCUT2D eigenvalue weighted by molar-refractivity contribution is 5.96. The number of nitrogens with one attached hydrogen (secondary N) is 2. The fraction of sp³-hybridized carbons (Fsp3) is 0.250. The molecule has 2 amide bonds. The number of hydrogen-bond acceptors (Lipinski definition) is 6. The van der Waals surface area contributed by atoms with Crippen molar-refractivity contribution in [1.82, 2.24) is 5.32 Å². The van der Waals surface area contributed by atoms with Gasteiger partial charge in [-0.3, -0.25) is 14.4 Å². The lowest BCUT2D eigenvalue weighted by molar-refractivity contribution is -0.136. The Kier molecular flexibility index (Phi) is 9.48. The first-order chi connectivity index (χ1) is 17.9. The van der Waals surface area contributed by atoms with Crippen LogP contribution in [0.15, 0.2) is 60.7 Å². The van der Waals surface area contributed by atoms with Crippen LogP contribution >= 0.6 is 0 Å². The fourth-order valence-corrected chi connectivity index (χ4v) is 3.85. The number of rotatable bonds is 12. The van der Waals surface area contributed by atoms with E-state index in [4.69, 9.17) is 19.3 Å². The summed E-state index contributed by atoms with van der Waals surface area (Å²) in [4.78, 5) is 36.3. The minimum atomic E-state index is -0.906. The second kappa shape index (κ2) is 13.0. The van der Waals surface area contributed by atoms with E-state index >= 15 is 0 Å². The molecule has 0 fully saturated rings. The van der Waals surface area contributed by atoms with Crippen LogP contribution < -0.4 is 24.8 Å². The molecule has 3 N–H and O–H groups in total. The van der Waals surface area contributed by atoms with Crippen LogP contribution in [0.1, 0.15) is 28.8 Å². The van der Waals surface area contributed by atoms with Gasteiger partial charge in [0, 0.05) is 29.8 Å². The Morgan fingerprint density at radius 3 is 2.22 bits per heavy atom. The van der Waals surface area contributed by atoms with Crippen LogP contribution in [0.2, 0.25) is 0 Å². The van der Waals surface area contributed by atoms with Gasteiger partial charge in [0.15, 0.2) is 11.5 Å². The molecule has 0 aliphatic rings. The second-order valence-electron chi connectivity index (χ2n) is 8.14. The summed E-state index contributed by atoms with van der Waals surface area (Å²) in [6, 6.07) is 17.7. The van der Waals surface area contributed by atoms with E-state index in [-0.39, 0.29) is 24.7 Å². The molecule has 9 heteroatoms. The minimum absolute atomic E-state index is 0.0792. The first-order valence-electron chi connectivity index (χ1n) is 11.6. The van der Waals surface area contributed by atoms with E-state index < -0.39 is 5.97 Å². The third-order valence-corrected chi connectivity index (χ3v) is 5.59. The van der Waals surface area contributed by atoms with Crippen molar-refractivity contribution in [2.45, 2.75) is 19.3 Å². The van der Waals surface area contributed by atoms with Gasteiger partial charge in [-0.1, -0.05) is 42.5 Å². The van der Waals surface area contributed by atoms with Gasteiger partial charge in [-0.25, -0.2) is 0 Å². The SMILES string of the molecule is COc1cc(C(=O)NCCCC(=O)Nc2ccccc2-c2cccc(CC(=O)O)c2)cc(OC)c1OC. The van der Waals surface area contributed by atoms with Crippen LogP contribution in [-0.4, -0.2) is 50.8 Å². The number of aliphatic carboxylic acids is 1. The number of carbonyl (C=O) groups excluding carboxylic acids is 2. The van der Waals surface area contributed by atoms with E-state index in [1.807, 2.05) is 24.3 Å². The molecule has 0 saturated heterocycles. The highest BCUT2D eigenvalue weighted by Crippen LogP contribution is 2.38. The van der Waals surface area contributed by atoms with Gasteiger partial charge in [0.25, 0.3) is 5.91 Å². The molecule has 0 aliphatic heterocycles. The summed E-state index contributed by atoms with van der Waals surface area (Å²) >= 11 is 0. The number of carbonyl (C=O) groups is 3. The molecule has 0 saturated carbocycles. The van der Waals surface area contributed by atoms with E-state index in [2.05, 4.69) is 10.6 Å². The lowest BCUT2D eigenvalue weighted by Gasteiger charge is -2.14. The van der Waals surface area contributed by atoms with Crippen LogP contribution in [0.4, 0.5) is 5.69 Å². The maximum Gasteiger partial charge on any atom is 0.307 e. The Bertz CT molecular complexity index is 1250. The molecule has 0 radical (unpaired) electrons. The number of carboxylic acids is 1. The molecule has 0 bridgehead atoms. The van der Waals surface area contributed by atoms with Gasteiger partial charge < -0.3 is 30.0 Å². The standard InChI is InChI=1S/C28H30N2O7/c1-35-23-16-20(17-24(36-2)27(23)37-3)28(34)29-13-7-12-25(31)30-22-11-5-4-10-21(22)19-9-6-8-18(14-19)15-26(32)33/h4-6,8-11,14,16-17H,7,12-13,15H2,1-3H3,(H,29,34)(H,30,31)(H,32,33). The fourth-order valence-electron chi connectivity index (χ4n) is 3.85. The molecule has 9 nitrogen and oxygen atoms in total. The average molecular weight is 507 g/mol. The molecular weight excluding hydrogens is 476 g/mol. The van der Waals surface area contributed by atoms with Crippen LogP contribution in [-0.2, 0) is 16.0 Å².